The molecule has 6 rings (SSSR count). The van der Waals surface area contributed by atoms with Crippen molar-refractivity contribution in [2.45, 2.75) is 30.2 Å². The highest BCUT2D eigenvalue weighted by Gasteiger charge is 2.62. The molecule has 2 saturated heterocycles. The third-order valence-corrected chi connectivity index (χ3v) is 10.8. The molecule has 3 aromatic carbocycles. The number of rotatable bonds is 6. The lowest BCUT2D eigenvalue weighted by atomic mass is 9.59. The van der Waals surface area contributed by atoms with E-state index in [4.69, 9.17) is 23.2 Å². The van der Waals surface area contributed by atoms with Crippen molar-refractivity contribution >= 4 is 50.7 Å². The van der Waals surface area contributed by atoms with E-state index < -0.39 is 27.1 Å². The first-order valence-corrected chi connectivity index (χ1v) is 17.9. The molecule has 0 unspecified atom stereocenters. The molecule has 8 nitrogen and oxygen atoms in total. The van der Waals surface area contributed by atoms with Crippen molar-refractivity contribution in [2.75, 3.05) is 56.6 Å². The zero-order valence-corrected chi connectivity index (χ0v) is 27.2. The van der Waals surface area contributed by atoms with E-state index >= 15 is 0 Å². The molecule has 2 fully saturated rings. The summed E-state index contributed by atoms with van der Waals surface area (Å²) >= 11 is 12.8. The molecule has 0 saturated carbocycles. The molecule has 3 aliphatic rings. The van der Waals surface area contributed by atoms with E-state index in [-0.39, 0.29) is 23.6 Å². The van der Waals surface area contributed by atoms with Crippen LogP contribution in [-0.4, -0.2) is 86.3 Å². The van der Waals surface area contributed by atoms with Crippen LogP contribution < -0.4 is 5.32 Å². The summed E-state index contributed by atoms with van der Waals surface area (Å²) in [6.07, 6.45) is 2.24. The van der Waals surface area contributed by atoms with Crippen LogP contribution in [0.15, 0.2) is 66.7 Å². The standard InChI is InChI=1S/C33H35Cl2FN4O4S/c1-45(43,44)18-4-12-38-14-16-39(17-15-38)32(42)40-13-11-27(22-5-2-7-24(34)19-22)33(30(40)23-6-3-8-26(36)20-23)28-10-9-25(35)21-29(28)37-31(33)41/h2-3,5-10,19-21,27,30H,4,11-18H2,1H3,(H,37,41)/t27-,30+,33+/m0/s1. The van der Waals surface area contributed by atoms with E-state index in [0.717, 1.165) is 5.56 Å². The highest BCUT2D eigenvalue weighted by Crippen LogP contribution is 2.60. The number of nitrogens with one attached hydrogen (secondary N) is 1. The van der Waals surface area contributed by atoms with Gasteiger partial charge >= 0.3 is 6.03 Å². The molecule has 238 valence electrons. The van der Waals surface area contributed by atoms with Gasteiger partial charge in [-0.05, 0) is 72.5 Å². The van der Waals surface area contributed by atoms with Crippen LogP contribution in [0.2, 0.25) is 10.0 Å². The number of amides is 3. The number of benzene rings is 3. The monoisotopic (exact) mass is 672 g/mol. The van der Waals surface area contributed by atoms with Gasteiger partial charge in [0.15, 0.2) is 0 Å². The first kappa shape index (κ1) is 31.8. The molecule has 3 atom stereocenters. The zero-order valence-electron chi connectivity index (χ0n) is 24.9. The second-order valence-corrected chi connectivity index (χ2v) is 15.3. The molecule has 3 aliphatic heterocycles. The third-order valence-electron chi connectivity index (χ3n) is 9.30. The van der Waals surface area contributed by atoms with E-state index in [1.165, 1.54) is 18.4 Å². The maximum Gasteiger partial charge on any atom is 0.320 e. The van der Waals surface area contributed by atoms with Gasteiger partial charge < -0.3 is 15.1 Å². The van der Waals surface area contributed by atoms with Crippen molar-refractivity contribution in [2.24, 2.45) is 0 Å². The van der Waals surface area contributed by atoms with Crippen LogP contribution in [0.3, 0.4) is 0 Å². The molecular formula is C33H35Cl2FN4O4S. The number of fused-ring (bicyclic) bond motifs is 2. The minimum Gasteiger partial charge on any atom is -0.325 e. The Bertz CT molecular complexity index is 1730. The van der Waals surface area contributed by atoms with Crippen LogP contribution in [-0.2, 0) is 20.0 Å². The van der Waals surface area contributed by atoms with Crippen LogP contribution in [0, 0.1) is 5.82 Å². The lowest BCUT2D eigenvalue weighted by Crippen LogP contribution is -2.61. The van der Waals surface area contributed by atoms with E-state index in [1.54, 1.807) is 40.1 Å². The van der Waals surface area contributed by atoms with Crippen molar-refractivity contribution in [1.82, 2.24) is 14.7 Å². The van der Waals surface area contributed by atoms with Crippen LogP contribution in [0.5, 0.6) is 0 Å². The molecule has 3 amide bonds. The SMILES string of the molecule is CS(=O)(=O)CCCN1CCN(C(=O)N2CC[C@@H](c3cccc(Cl)c3)[C@]3(C(=O)Nc4cc(Cl)ccc43)[C@H]2c2cccc(F)c2)CC1. The maximum atomic E-state index is 14.9. The Hall–Kier alpha value is -3.18. The van der Waals surface area contributed by atoms with Gasteiger partial charge in [0.1, 0.15) is 21.1 Å². The third kappa shape index (κ3) is 6.17. The van der Waals surface area contributed by atoms with Gasteiger partial charge in [-0.1, -0.05) is 53.5 Å². The Balaban J connectivity index is 1.41. The quantitative estimate of drug-likeness (QED) is 0.362. The van der Waals surface area contributed by atoms with Crippen LogP contribution in [0.25, 0.3) is 0 Å². The van der Waals surface area contributed by atoms with Crippen LogP contribution >= 0.6 is 23.2 Å². The van der Waals surface area contributed by atoms with Crippen molar-refractivity contribution in [3.63, 3.8) is 0 Å². The number of piperidine rings is 1. The van der Waals surface area contributed by atoms with Crippen molar-refractivity contribution < 1.29 is 22.4 Å². The molecule has 0 bridgehead atoms. The first-order chi connectivity index (χ1) is 21.5. The van der Waals surface area contributed by atoms with E-state index in [0.29, 0.717) is 79.0 Å². The molecule has 12 heteroatoms. The predicted molar refractivity (Wildman–Crippen MR) is 174 cm³/mol. The normalized spacial score (nSPS) is 23.7. The van der Waals surface area contributed by atoms with Gasteiger partial charge in [-0.25, -0.2) is 17.6 Å². The number of carbonyl (C=O) groups excluding carboxylic acids is 2. The predicted octanol–water partition coefficient (Wildman–Crippen LogP) is 5.73. The number of sulfone groups is 1. The Labute approximate surface area is 273 Å². The second kappa shape index (κ2) is 12.5. The number of likely N-dealkylation sites (tertiary alicyclic amines) is 1. The average Bonchev–Trinajstić information content (AvgIpc) is 3.26. The van der Waals surface area contributed by atoms with Crippen molar-refractivity contribution in [3.8, 4) is 0 Å². The minimum atomic E-state index is -3.04. The molecule has 45 heavy (non-hydrogen) atoms. The van der Waals surface area contributed by atoms with Crippen LogP contribution in [0.4, 0.5) is 14.9 Å². The lowest BCUT2D eigenvalue weighted by molar-refractivity contribution is -0.126. The number of anilines is 1. The summed E-state index contributed by atoms with van der Waals surface area (Å²) in [7, 11) is -3.04. The zero-order chi connectivity index (χ0) is 31.9. The molecule has 1 spiro atoms. The van der Waals surface area contributed by atoms with Gasteiger partial charge in [0, 0.05) is 60.6 Å². The Morgan fingerprint density at radius 2 is 1.67 bits per heavy atom. The Morgan fingerprint density at radius 3 is 2.38 bits per heavy atom. The van der Waals surface area contributed by atoms with Gasteiger partial charge in [-0.3, -0.25) is 9.69 Å². The highest BCUT2D eigenvalue weighted by molar-refractivity contribution is 7.90. The largest absolute Gasteiger partial charge is 0.325 e. The summed E-state index contributed by atoms with van der Waals surface area (Å²) < 4.78 is 38.1. The van der Waals surface area contributed by atoms with Gasteiger partial charge in [-0.15, -0.1) is 0 Å². The summed E-state index contributed by atoms with van der Waals surface area (Å²) in [5.74, 6) is -1.01. The van der Waals surface area contributed by atoms with Crippen LogP contribution in [0.1, 0.15) is 41.5 Å². The van der Waals surface area contributed by atoms with Gasteiger partial charge in [0.05, 0.1) is 11.8 Å². The fraction of sp³-hybridized carbons (Fsp3) is 0.394. The van der Waals surface area contributed by atoms with Gasteiger partial charge in [0.2, 0.25) is 5.91 Å². The van der Waals surface area contributed by atoms with Crippen molar-refractivity contribution in [3.05, 3.63) is 99.3 Å². The minimum absolute atomic E-state index is 0.125. The summed E-state index contributed by atoms with van der Waals surface area (Å²) in [4.78, 5) is 34.7. The second-order valence-electron chi connectivity index (χ2n) is 12.2. The smallest absolute Gasteiger partial charge is 0.320 e. The number of nitrogens with zero attached hydrogens (tertiary/aromatic N) is 3. The fourth-order valence-electron chi connectivity index (χ4n) is 7.38. The Morgan fingerprint density at radius 1 is 0.956 bits per heavy atom. The highest BCUT2D eigenvalue weighted by atomic mass is 35.5. The van der Waals surface area contributed by atoms with E-state index in [1.807, 2.05) is 24.3 Å². The molecular weight excluding hydrogens is 638 g/mol. The summed E-state index contributed by atoms with van der Waals surface area (Å²) in [5, 5.41) is 4.05. The maximum absolute atomic E-state index is 14.9. The van der Waals surface area contributed by atoms with Gasteiger partial charge in [0.25, 0.3) is 0 Å². The lowest BCUT2D eigenvalue weighted by Gasteiger charge is -2.53. The number of hydrogen-bond acceptors (Lipinski definition) is 5. The summed E-state index contributed by atoms with van der Waals surface area (Å²) in [6, 6.07) is 17.8. The van der Waals surface area contributed by atoms with Crippen molar-refractivity contribution in [1.29, 1.82) is 0 Å². The molecule has 1 N–H and O–H groups in total. The summed E-state index contributed by atoms with van der Waals surface area (Å²) in [6.45, 7) is 3.08. The number of hydrogen-bond donors (Lipinski definition) is 1. The van der Waals surface area contributed by atoms with E-state index in [2.05, 4.69) is 10.2 Å². The number of halogens is 3. The molecule has 0 radical (unpaired) electrons. The number of urea groups is 1. The van der Waals surface area contributed by atoms with Gasteiger partial charge in [-0.2, -0.15) is 0 Å². The average molecular weight is 674 g/mol. The summed E-state index contributed by atoms with van der Waals surface area (Å²) in [5.41, 5.74) is 1.34. The molecule has 0 aliphatic carbocycles. The topological polar surface area (TPSA) is 90.0 Å². The first-order valence-electron chi connectivity index (χ1n) is 15.1. The van der Waals surface area contributed by atoms with E-state index in [9.17, 15) is 22.4 Å². The molecule has 0 aromatic heterocycles. The fourth-order valence-corrected chi connectivity index (χ4v) is 8.40. The molecule has 3 aromatic rings. The number of piperazine rings is 1. The molecule has 3 heterocycles. The number of carbonyl (C=O) groups is 2. The Kier molecular flexibility index (Phi) is 8.86.